The standard InChI is InChI=1S/C26H29N7O3S/c1-4-37(35,36)30-22-11-6-5-10-21(22)23-13-12-20-17-27-26(29-33(20)23)28-19-9-7-8-18(16-19)24-25(34)32(3)15-14-31(24)2/h5-13,16-17,24,30H,4,14-15H2,1-3H3,(H,28,29). The number of fused-ring (bicyclic) bond motifs is 1. The Morgan fingerprint density at radius 1 is 1.03 bits per heavy atom. The minimum absolute atomic E-state index is 0.0237. The fourth-order valence-corrected chi connectivity index (χ4v) is 5.11. The van der Waals surface area contributed by atoms with Gasteiger partial charge in [-0.15, -0.1) is 5.10 Å². The summed E-state index contributed by atoms with van der Waals surface area (Å²) in [4.78, 5) is 21.1. The number of para-hydroxylation sites is 1. The lowest BCUT2D eigenvalue weighted by molar-refractivity contribution is -0.139. The molecule has 0 bridgehead atoms. The Hall–Kier alpha value is -3.96. The first kappa shape index (κ1) is 24.7. The number of piperazine rings is 1. The SMILES string of the molecule is CCS(=O)(=O)Nc1ccccc1-c1ccc2cnc(Nc3cccc(C4C(=O)N(C)CCN4C)c3)nn12. The van der Waals surface area contributed by atoms with Gasteiger partial charge in [-0.25, -0.2) is 17.9 Å². The molecule has 37 heavy (non-hydrogen) atoms. The molecule has 3 heterocycles. The number of likely N-dealkylation sites (N-methyl/N-ethyl adjacent to an activating group) is 2. The summed E-state index contributed by atoms with van der Waals surface area (Å²) in [5.74, 6) is 0.413. The fourth-order valence-electron chi connectivity index (χ4n) is 4.46. The Bertz CT molecular complexity index is 1570. The molecule has 5 rings (SSSR count). The molecule has 0 spiro atoms. The molecule has 1 saturated heterocycles. The summed E-state index contributed by atoms with van der Waals surface area (Å²) in [5, 5.41) is 7.93. The van der Waals surface area contributed by atoms with Crippen LogP contribution >= 0.6 is 0 Å². The van der Waals surface area contributed by atoms with Crippen molar-refractivity contribution in [3.8, 4) is 11.3 Å². The highest BCUT2D eigenvalue weighted by molar-refractivity contribution is 7.92. The molecule has 4 aromatic rings. The quantitative estimate of drug-likeness (QED) is 0.385. The molecule has 10 nitrogen and oxygen atoms in total. The van der Waals surface area contributed by atoms with E-state index in [1.807, 2.05) is 62.6 Å². The van der Waals surface area contributed by atoms with Gasteiger partial charge in [0.2, 0.25) is 21.9 Å². The molecular formula is C26H29N7O3S. The molecule has 2 aromatic carbocycles. The zero-order valence-corrected chi connectivity index (χ0v) is 21.7. The summed E-state index contributed by atoms with van der Waals surface area (Å²) in [5.41, 5.74) is 4.33. The van der Waals surface area contributed by atoms with Crippen LogP contribution < -0.4 is 10.0 Å². The van der Waals surface area contributed by atoms with E-state index in [4.69, 9.17) is 0 Å². The molecule has 1 fully saturated rings. The Morgan fingerprint density at radius 3 is 2.65 bits per heavy atom. The van der Waals surface area contributed by atoms with Crippen LogP contribution in [0.1, 0.15) is 18.5 Å². The van der Waals surface area contributed by atoms with E-state index < -0.39 is 10.0 Å². The van der Waals surface area contributed by atoms with E-state index in [0.717, 1.165) is 29.0 Å². The zero-order valence-electron chi connectivity index (χ0n) is 20.9. The second kappa shape index (κ2) is 9.83. The molecule has 2 aromatic heterocycles. The number of nitrogens with one attached hydrogen (secondary N) is 2. The summed E-state index contributed by atoms with van der Waals surface area (Å²) in [6.07, 6.45) is 1.70. The molecule has 1 amide bonds. The van der Waals surface area contributed by atoms with Crippen LogP contribution in [-0.4, -0.2) is 71.7 Å². The van der Waals surface area contributed by atoms with Crippen molar-refractivity contribution in [2.45, 2.75) is 13.0 Å². The van der Waals surface area contributed by atoms with Gasteiger partial charge in [-0.05, 0) is 49.9 Å². The van der Waals surface area contributed by atoms with E-state index in [-0.39, 0.29) is 17.7 Å². The number of hydrogen-bond acceptors (Lipinski definition) is 7. The zero-order chi connectivity index (χ0) is 26.2. The van der Waals surface area contributed by atoms with Gasteiger partial charge in [-0.3, -0.25) is 14.4 Å². The highest BCUT2D eigenvalue weighted by atomic mass is 32.2. The molecule has 1 atom stereocenters. The Balaban J connectivity index is 1.47. The van der Waals surface area contributed by atoms with Crippen LogP contribution in [0.15, 0.2) is 66.9 Å². The topological polar surface area (TPSA) is 112 Å². The van der Waals surface area contributed by atoms with Gasteiger partial charge in [0.15, 0.2) is 0 Å². The lowest BCUT2D eigenvalue weighted by Crippen LogP contribution is -2.48. The third-order valence-corrected chi connectivity index (χ3v) is 7.84. The van der Waals surface area contributed by atoms with Gasteiger partial charge in [-0.1, -0.05) is 30.3 Å². The van der Waals surface area contributed by atoms with Gasteiger partial charge in [-0.2, -0.15) is 0 Å². The lowest BCUT2D eigenvalue weighted by Gasteiger charge is -2.37. The van der Waals surface area contributed by atoms with Crippen LogP contribution in [0.3, 0.4) is 0 Å². The number of anilines is 3. The Kier molecular flexibility index (Phi) is 6.57. The minimum Gasteiger partial charge on any atom is -0.343 e. The van der Waals surface area contributed by atoms with Crippen LogP contribution in [0.4, 0.5) is 17.3 Å². The van der Waals surface area contributed by atoms with Crippen molar-refractivity contribution in [3.05, 3.63) is 72.4 Å². The van der Waals surface area contributed by atoms with Gasteiger partial charge < -0.3 is 10.2 Å². The highest BCUT2D eigenvalue weighted by Gasteiger charge is 2.32. The molecule has 1 aliphatic heterocycles. The minimum atomic E-state index is -3.45. The average Bonchev–Trinajstić information content (AvgIpc) is 3.30. The summed E-state index contributed by atoms with van der Waals surface area (Å²) < 4.78 is 28.8. The van der Waals surface area contributed by atoms with Crippen molar-refractivity contribution in [2.75, 3.05) is 43.0 Å². The van der Waals surface area contributed by atoms with Crippen molar-refractivity contribution < 1.29 is 13.2 Å². The van der Waals surface area contributed by atoms with Crippen molar-refractivity contribution in [1.82, 2.24) is 24.4 Å². The molecule has 0 saturated carbocycles. The number of carbonyl (C=O) groups excluding carboxylic acids is 1. The van der Waals surface area contributed by atoms with Gasteiger partial charge in [0, 0.05) is 31.4 Å². The molecule has 11 heteroatoms. The van der Waals surface area contributed by atoms with Gasteiger partial charge in [0.25, 0.3) is 0 Å². The van der Waals surface area contributed by atoms with Crippen molar-refractivity contribution in [2.24, 2.45) is 0 Å². The van der Waals surface area contributed by atoms with E-state index in [0.29, 0.717) is 23.7 Å². The monoisotopic (exact) mass is 519 g/mol. The third-order valence-electron chi connectivity index (χ3n) is 6.54. The Morgan fingerprint density at radius 2 is 1.84 bits per heavy atom. The lowest BCUT2D eigenvalue weighted by atomic mass is 10.0. The maximum absolute atomic E-state index is 12.8. The molecule has 192 valence electrons. The first-order valence-electron chi connectivity index (χ1n) is 12.0. The number of benzene rings is 2. The largest absolute Gasteiger partial charge is 0.343 e. The number of amides is 1. The molecule has 0 radical (unpaired) electrons. The second-order valence-corrected chi connectivity index (χ2v) is 11.1. The number of rotatable bonds is 7. The first-order chi connectivity index (χ1) is 17.8. The number of sulfonamides is 1. The van der Waals surface area contributed by atoms with Crippen LogP contribution in [-0.2, 0) is 14.8 Å². The average molecular weight is 520 g/mol. The predicted octanol–water partition coefficient (Wildman–Crippen LogP) is 3.35. The molecule has 1 unspecified atom stereocenters. The first-order valence-corrected chi connectivity index (χ1v) is 13.7. The predicted molar refractivity (Wildman–Crippen MR) is 144 cm³/mol. The number of hydrogen-bond donors (Lipinski definition) is 2. The van der Waals surface area contributed by atoms with E-state index in [1.54, 1.807) is 34.7 Å². The van der Waals surface area contributed by atoms with E-state index >= 15 is 0 Å². The maximum Gasteiger partial charge on any atom is 0.245 e. The van der Waals surface area contributed by atoms with Crippen LogP contribution in [0.5, 0.6) is 0 Å². The van der Waals surface area contributed by atoms with Gasteiger partial charge in [0.1, 0.15) is 6.04 Å². The molecule has 2 N–H and O–H groups in total. The summed E-state index contributed by atoms with van der Waals surface area (Å²) in [7, 11) is 0.336. The number of carbonyl (C=O) groups is 1. The summed E-state index contributed by atoms with van der Waals surface area (Å²) >= 11 is 0. The van der Waals surface area contributed by atoms with Crippen LogP contribution in [0, 0.1) is 0 Å². The summed E-state index contributed by atoms with van der Waals surface area (Å²) in [6.45, 7) is 3.11. The fraction of sp³-hybridized carbons (Fsp3) is 0.269. The second-order valence-electron chi connectivity index (χ2n) is 9.08. The van der Waals surface area contributed by atoms with E-state index in [2.05, 4.69) is 25.0 Å². The van der Waals surface area contributed by atoms with Crippen molar-refractivity contribution >= 4 is 38.8 Å². The highest BCUT2D eigenvalue weighted by Crippen LogP contribution is 2.31. The smallest absolute Gasteiger partial charge is 0.245 e. The van der Waals surface area contributed by atoms with Crippen LogP contribution in [0.25, 0.3) is 16.8 Å². The maximum atomic E-state index is 12.8. The van der Waals surface area contributed by atoms with E-state index in [9.17, 15) is 13.2 Å². The number of aromatic nitrogens is 3. The van der Waals surface area contributed by atoms with Gasteiger partial charge in [0.05, 0.1) is 28.8 Å². The van der Waals surface area contributed by atoms with Crippen LogP contribution in [0.2, 0.25) is 0 Å². The number of nitrogens with zero attached hydrogens (tertiary/aromatic N) is 5. The van der Waals surface area contributed by atoms with Crippen molar-refractivity contribution in [3.63, 3.8) is 0 Å². The third kappa shape index (κ3) is 5.00. The normalized spacial score (nSPS) is 16.8. The van der Waals surface area contributed by atoms with E-state index in [1.165, 1.54) is 0 Å². The van der Waals surface area contributed by atoms with Crippen molar-refractivity contribution in [1.29, 1.82) is 0 Å². The van der Waals surface area contributed by atoms with Gasteiger partial charge >= 0.3 is 0 Å². The Labute approximate surface area is 216 Å². The molecule has 1 aliphatic rings. The molecule has 0 aliphatic carbocycles. The summed E-state index contributed by atoms with van der Waals surface area (Å²) in [6, 6.07) is 18.3. The molecular weight excluding hydrogens is 490 g/mol.